The van der Waals surface area contributed by atoms with E-state index in [0.29, 0.717) is 17.8 Å². The van der Waals surface area contributed by atoms with Crippen LogP contribution in [0.1, 0.15) is 53.4 Å². The molecular weight excluding hydrogens is 188 g/mol. The molecule has 3 atom stereocenters. The van der Waals surface area contributed by atoms with Gasteiger partial charge in [0.2, 0.25) is 0 Å². The molecule has 0 rings (SSSR count). The zero-order valence-electron chi connectivity index (χ0n) is 10.7. The second kappa shape index (κ2) is 8.12. The van der Waals surface area contributed by atoms with Gasteiger partial charge in [-0.1, -0.05) is 27.7 Å². The summed E-state index contributed by atoms with van der Waals surface area (Å²) in [5.41, 5.74) is 0. The molecule has 0 amide bonds. The van der Waals surface area contributed by atoms with E-state index in [-0.39, 0.29) is 12.7 Å². The van der Waals surface area contributed by atoms with Crippen molar-refractivity contribution < 1.29 is 10.2 Å². The van der Waals surface area contributed by atoms with Crippen LogP contribution >= 0.6 is 0 Å². The van der Waals surface area contributed by atoms with Crippen LogP contribution in [0.4, 0.5) is 0 Å². The number of aliphatic hydroxyl groups excluding tert-OH is 2. The van der Waals surface area contributed by atoms with Gasteiger partial charge in [-0.2, -0.15) is 0 Å². The van der Waals surface area contributed by atoms with Crippen molar-refractivity contribution >= 4 is 0 Å². The van der Waals surface area contributed by atoms with Crippen molar-refractivity contribution in [3.05, 3.63) is 0 Å². The number of aliphatic hydroxyl groups is 2. The van der Waals surface area contributed by atoms with Crippen LogP contribution in [-0.4, -0.2) is 22.9 Å². The van der Waals surface area contributed by atoms with Crippen molar-refractivity contribution in [2.24, 2.45) is 17.8 Å². The molecule has 3 unspecified atom stereocenters. The van der Waals surface area contributed by atoms with Crippen LogP contribution in [0, 0.1) is 17.8 Å². The van der Waals surface area contributed by atoms with E-state index in [4.69, 9.17) is 5.11 Å². The zero-order valence-corrected chi connectivity index (χ0v) is 10.7. The average molecular weight is 216 g/mol. The third kappa shape index (κ3) is 7.80. The molecule has 92 valence electrons. The summed E-state index contributed by atoms with van der Waals surface area (Å²) in [6, 6.07) is 0. The van der Waals surface area contributed by atoms with Crippen LogP contribution in [0.2, 0.25) is 0 Å². The number of hydrogen-bond donors (Lipinski definition) is 2. The Morgan fingerprint density at radius 3 is 1.80 bits per heavy atom. The third-order valence-corrected chi connectivity index (χ3v) is 3.29. The fourth-order valence-corrected chi connectivity index (χ4v) is 1.59. The molecule has 0 aliphatic heterocycles. The Balaban J connectivity index is 3.56. The molecule has 0 aliphatic rings. The standard InChI is InChI=1S/C13H28O2/c1-10(2)5-7-13(15)8-6-11(3)12(4)9-14/h10-15H,5-9H2,1-4H3. The summed E-state index contributed by atoms with van der Waals surface area (Å²) < 4.78 is 0. The lowest BCUT2D eigenvalue weighted by Crippen LogP contribution is -2.15. The van der Waals surface area contributed by atoms with E-state index in [0.717, 1.165) is 25.7 Å². The van der Waals surface area contributed by atoms with Gasteiger partial charge in [-0.05, 0) is 43.4 Å². The fraction of sp³-hybridized carbons (Fsp3) is 1.00. The topological polar surface area (TPSA) is 40.5 Å². The summed E-state index contributed by atoms with van der Waals surface area (Å²) in [4.78, 5) is 0. The van der Waals surface area contributed by atoms with Crippen molar-refractivity contribution in [3.8, 4) is 0 Å². The van der Waals surface area contributed by atoms with Crippen LogP contribution in [0.15, 0.2) is 0 Å². The molecule has 2 N–H and O–H groups in total. The monoisotopic (exact) mass is 216 g/mol. The fourth-order valence-electron chi connectivity index (χ4n) is 1.59. The van der Waals surface area contributed by atoms with Gasteiger partial charge in [0.25, 0.3) is 0 Å². The van der Waals surface area contributed by atoms with Crippen molar-refractivity contribution in [2.45, 2.75) is 59.5 Å². The average Bonchev–Trinajstić information content (AvgIpc) is 2.21. The molecule has 0 aromatic carbocycles. The minimum absolute atomic E-state index is 0.152. The molecule has 0 spiro atoms. The first-order valence-electron chi connectivity index (χ1n) is 6.26. The van der Waals surface area contributed by atoms with E-state index in [2.05, 4.69) is 27.7 Å². The Morgan fingerprint density at radius 1 is 0.800 bits per heavy atom. The lowest BCUT2D eigenvalue weighted by atomic mass is 9.90. The summed E-state index contributed by atoms with van der Waals surface area (Å²) in [6.07, 6.45) is 3.75. The molecule has 0 bridgehead atoms. The number of rotatable bonds is 8. The van der Waals surface area contributed by atoms with Gasteiger partial charge >= 0.3 is 0 Å². The van der Waals surface area contributed by atoms with E-state index in [1.54, 1.807) is 0 Å². The Hall–Kier alpha value is -0.0800. The van der Waals surface area contributed by atoms with Gasteiger partial charge in [0.05, 0.1) is 6.10 Å². The summed E-state index contributed by atoms with van der Waals surface area (Å²) in [5.74, 6) is 1.53. The van der Waals surface area contributed by atoms with Gasteiger partial charge in [-0.25, -0.2) is 0 Å². The maximum absolute atomic E-state index is 9.74. The van der Waals surface area contributed by atoms with Crippen LogP contribution in [-0.2, 0) is 0 Å². The molecule has 0 aromatic heterocycles. The molecule has 0 heterocycles. The maximum atomic E-state index is 9.74. The maximum Gasteiger partial charge on any atom is 0.0540 e. The van der Waals surface area contributed by atoms with E-state index in [9.17, 15) is 5.11 Å². The molecule has 2 nitrogen and oxygen atoms in total. The van der Waals surface area contributed by atoms with Gasteiger partial charge in [0, 0.05) is 6.61 Å². The zero-order chi connectivity index (χ0) is 11.8. The van der Waals surface area contributed by atoms with Crippen LogP contribution in [0.5, 0.6) is 0 Å². The summed E-state index contributed by atoms with van der Waals surface area (Å²) in [5, 5.41) is 18.7. The Labute approximate surface area is 94.7 Å². The Bertz CT molecular complexity index is 145. The SMILES string of the molecule is CC(C)CCC(O)CCC(C)C(C)CO. The second-order valence-corrected chi connectivity index (χ2v) is 5.34. The van der Waals surface area contributed by atoms with Crippen LogP contribution in [0.3, 0.4) is 0 Å². The number of hydrogen-bond acceptors (Lipinski definition) is 2. The quantitative estimate of drug-likeness (QED) is 0.655. The molecule has 15 heavy (non-hydrogen) atoms. The Kier molecular flexibility index (Phi) is 8.07. The normalized spacial score (nSPS) is 17.8. The first-order valence-corrected chi connectivity index (χ1v) is 6.26. The van der Waals surface area contributed by atoms with Crippen molar-refractivity contribution in [3.63, 3.8) is 0 Å². The predicted octanol–water partition coefficient (Wildman–Crippen LogP) is 2.83. The van der Waals surface area contributed by atoms with Gasteiger partial charge in [-0.15, -0.1) is 0 Å². The predicted molar refractivity (Wildman–Crippen MR) is 64.7 cm³/mol. The second-order valence-electron chi connectivity index (χ2n) is 5.34. The van der Waals surface area contributed by atoms with Gasteiger partial charge in [-0.3, -0.25) is 0 Å². The highest BCUT2D eigenvalue weighted by atomic mass is 16.3. The first kappa shape index (κ1) is 14.9. The van der Waals surface area contributed by atoms with Crippen molar-refractivity contribution in [1.82, 2.24) is 0 Å². The molecule has 0 saturated heterocycles. The van der Waals surface area contributed by atoms with Gasteiger partial charge < -0.3 is 10.2 Å². The smallest absolute Gasteiger partial charge is 0.0540 e. The summed E-state index contributed by atoms with van der Waals surface area (Å²) in [6.45, 7) is 8.83. The van der Waals surface area contributed by atoms with Crippen molar-refractivity contribution in [2.75, 3.05) is 6.61 Å². The molecule has 2 heteroatoms. The highest BCUT2D eigenvalue weighted by Gasteiger charge is 2.13. The van der Waals surface area contributed by atoms with E-state index < -0.39 is 0 Å². The van der Waals surface area contributed by atoms with E-state index in [1.807, 2.05) is 0 Å². The Morgan fingerprint density at radius 2 is 1.33 bits per heavy atom. The minimum atomic E-state index is -0.152. The van der Waals surface area contributed by atoms with Crippen LogP contribution < -0.4 is 0 Å². The van der Waals surface area contributed by atoms with Gasteiger partial charge in [0.1, 0.15) is 0 Å². The highest BCUT2D eigenvalue weighted by Crippen LogP contribution is 2.19. The molecule has 0 fully saturated rings. The molecule has 0 radical (unpaired) electrons. The molecule has 0 aromatic rings. The first-order chi connectivity index (χ1) is 6.97. The third-order valence-electron chi connectivity index (χ3n) is 3.29. The minimum Gasteiger partial charge on any atom is -0.396 e. The summed E-state index contributed by atoms with van der Waals surface area (Å²) in [7, 11) is 0. The largest absolute Gasteiger partial charge is 0.396 e. The lowest BCUT2D eigenvalue weighted by molar-refractivity contribution is 0.125. The lowest BCUT2D eigenvalue weighted by Gasteiger charge is -2.19. The summed E-state index contributed by atoms with van der Waals surface area (Å²) >= 11 is 0. The van der Waals surface area contributed by atoms with E-state index in [1.165, 1.54) is 0 Å². The van der Waals surface area contributed by atoms with Crippen LogP contribution in [0.25, 0.3) is 0 Å². The molecular formula is C13H28O2. The van der Waals surface area contributed by atoms with E-state index >= 15 is 0 Å². The highest BCUT2D eigenvalue weighted by molar-refractivity contribution is 4.65. The van der Waals surface area contributed by atoms with Crippen molar-refractivity contribution in [1.29, 1.82) is 0 Å². The van der Waals surface area contributed by atoms with Gasteiger partial charge in [0.15, 0.2) is 0 Å². The molecule has 0 saturated carbocycles. The molecule has 0 aliphatic carbocycles.